The molecule has 0 unspecified atom stereocenters. The topological polar surface area (TPSA) is 59.9 Å². The molecule has 0 aromatic heterocycles. The zero-order chi connectivity index (χ0) is 19.6. The Balaban J connectivity index is 1.67. The molecule has 2 aromatic carbocycles. The molecule has 1 N–H and O–H groups in total. The first-order valence-electron chi connectivity index (χ1n) is 8.46. The van der Waals surface area contributed by atoms with Crippen molar-refractivity contribution < 1.29 is 14.3 Å². The average Bonchev–Trinajstić information content (AvgIpc) is 2.63. The van der Waals surface area contributed by atoms with Gasteiger partial charge < -0.3 is 9.47 Å². The number of nitrogens with one attached hydrogen (secondary N) is 1. The second-order valence-corrected chi connectivity index (χ2v) is 7.99. The molecule has 1 atom stereocenters. The molecule has 27 heavy (non-hydrogen) atoms. The Bertz CT molecular complexity index is 891. The smallest absolute Gasteiger partial charge is 0.284 e. The molecule has 5 nitrogen and oxygen atoms in total. The van der Waals surface area contributed by atoms with Gasteiger partial charge in [-0.15, -0.1) is 0 Å². The summed E-state index contributed by atoms with van der Waals surface area (Å²) < 4.78 is 11.5. The SMILES string of the molecule is CC(C)(C)c1ccc2c(c1)O[C@@H](C(=O)N/N=C/c1cccc(Cl)c1Cl)CO2. The van der Waals surface area contributed by atoms with Gasteiger partial charge in [0.15, 0.2) is 11.5 Å². The molecule has 0 saturated carbocycles. The molecule has 0 aliphatic carbocycles. The lowest BCUT2D eigenvalue weighted by Gasteiger charge is -2.27. The van der Waals surface area contributed by atoms with Crippen LogP contribution in [-0.2, 0) is 10.2 Å². The number of rotatable bonds is 3. The van der Waals surface area contributed by atoms with Gasteiger partial charge in [0.05, 0.1) is 16.3 Å². The number of amides is 1. The van der Waals surface area contributed by atoms with Crippen LogP contribution >= 0.6 is 23.2 Å². The Hall–Kier alpha value is -2.24. The number of hydrazone groups is 1. The van der Waals surface area contributed by atoms with Crippen LogP contribution in [-0.4, -0.2) is 24.8 Å². The molecule has 0 radical (unpaired) electrons. The van der Waals surface area contributed by atoms with E-state index >= 15 is 0 Å². The summed E-state index contributed by atoms with van der Waals surface area (Å²) in [4.78, 5) is 12.3. The molecule has 0 fully saturated rings. The molecule has 1 aliphatic rings. The van der Waals surface area contributed by atoms with E-state index in [4.69, 9.17) is 32.7 Å². The van der Waals surface area contributed by atoms with Crippen LogP contribution < -0.4 is 14.9 Å². The van der Waals surface area contributed by atoms with Gasteiger partial charge in [-0.1, -0.05) is 62.2 Å². The average molecular weight is 407 g/mol. The molecule has 1 aliphatic heterocycles. The largest absolute Gasteiger partial charge is 0.485 e. The number of hydrogen-bond donors (Lipinski definition) is 1. The summed E-state index contributed by atoms with van der Waals surface area (Å²) in [6.07, 6.45) is 0.640. The summed E-state index contributed by atoms with van der Waals surface area (Å²) in [5.41, 5.74) is 4.11. The lowest BCUT2D eigenvalue weighted by Crippen LogP contribution is -2.42. The van der Waals surface area contributed by atoms with Crippen molar-refractivity contribution in [1.82, 2.24) is 5.43 Å². The third-order valence-electron chi connectivity index (χ3n) is 4.12. The van der Waals surface area contributed by atoms with Gasteiger partial charge in [-0.2, -0.15) is 5.10 Å². The van der Waals surface area contributed by atoms with Crippen molar-refractivity contribution in [1.29, 1.82) is 0 Å². The normalized spacial score (nSPS) is 16.4. The fourth-order valence-corrected chi connectivity index (χ4v) is 2.88. The van der Waals surface area contributed by atoms with Crippen molar-refractivity contribution in [3.63, 3.8) is 0 Å². The number of carbonyl (C=O) groups is 1. The van der Waals surface area contributed by atoms with Crippen molar-refractivity contribution in [2.75, 3.05) is 6.61 Å². The zero-order valence-corrected chi connectivity index (χ0v) is 16.8. The highest BCUT2D eigenvalue weighted by Crippen LogP contribution is 2.36. The van der Waals surface area contributed by atoms with Crippen LogP contribution in [0.1, 0.15) is 31.9 Å². The van der Waals surface area contributed by atoms with Crippen LogP contribution in [0.3, 0.4) is 0 Å². The number of fused-ring (bicyclic) bond motifs is 1. The summed E-state index contributed by atoms with van der Waals surface area (Å²) in [6.45, 7) is 6.44. The highest BCUT2D eigenvalue weighted by atomic mass is 35.5. The molecule has 2 aromatic rings. The minimum Gasteiger partial charge on any atom is -0.485 e. The highest BCUT2D eigenvalue weighted by molar-refractivity contribution is 6.43. The monoisotopic (exact) mass is 406 g/mol. The Morgan fingerprint density at radius 1 is 1.22 bits per heavy atom. The van der Waals surface area contributed by atoms with Gasteiger partial charge in [0.1, 0.15) is 6.61 Å². The first kappa shape index (κ1) is 19.5. The summed E-state index contributed by atoms with van der Waals surface area (Å²) in [5, 5.41) is 4.72. The summed E-state index contributed by atoms with van der Waals surface area (Å²) in [7, 11) is 0. The number of benzene rings is 2. The van der Waals surface area contributed by atoms with E-state index in [0.29, 0.717) is 27.1 Å². The Morgan fingerprint density at radius 3 is 2.74 bits per heavy atom. The van der Waals surface area contributed by atoms with E-state index in [1.165, 1.54) is 6.21 Å². The molecule has 7 heteroatoms. The molecule has 1 amide bonds. The Labute approximate surface area is 168 Å². The molecule has 1 heterocycles. The van der Waals surface area contributed by atoms with E-state index < -0.39 is 12.0 Å². The number of ether oxygens (including phenoxy) is 2. The van der Waals surface area contributed by atoms with Crippen LogP contribution in [0.5, 0.6) is 11.5 Å². The maximum absolute atomic E-state index is 12.3. The minimum absolute atomic E-state index is 0.0336. The molecule has 3 rings (SSSR count). The zero-order valence-electron chi connectivity index (χ0n) is 15.3. The maximum Gasteiger partial charge on any atom is 0.284 e. The molecular weight excluding hydrogens is 387 g/mol. The number of nitrogens with zero attached hydrogens (tertiary/aromatic N) is 1. The maximum atomic E-state index is 12.3. The van der Waals surface area contributed by atoms with Gasteiger partial charge in [-0.3, -0.25) is 4.79 Å². The third kappa shape index (κ3) is 4.54. The lowest BCUT2D eigenvalue weighted by atomic mass is 9.87. The Kier molecular flexibility index (Phi) is 5.63. The van der Waals surface area contributed by atoms with Crippen molar-refractivity contribution >= 4 is 35.3 Å². The molecule has 0 bridgehead atoms. The number of hydrogen-bond acceptors (Lipinski definition) is 4. The van der Waals surface area contributed by atoms with Crippen LogP contribution in [0.4, 0.5) is 0 Å². The highest BCUT2D eigenvalue weighted by Gasteiger charge is 2.28. The van der Waals surface area contributed by atoms with Gasteiger partial charge in [0, 0.05) is 5.56 Å². The van der Waals surface area contributed by atoms with Gasteiger partial charge in [-0.25, -0.2) is 5.43 Å². The van der Waals surface area contributed by atoms with Crippen molar-refractivity contribution in [2.45, 2.75) is 32.3 Å². The predicted octanol–water partition coefficient (Wildman–Crippen LogP) is 4.58. The second kappa shape index (κ2) is 7.79. The van der Waals surface area contributed by atoms with E-state index in [2.05, 4.69) is 31.3 Å². The van der Waals surface area contributed by atoms with Crippen molar-refractivity contribution in [3.05, 3.63) is 57.6 Å². The lowest BCUT2D eigenvalue weighted by molar-refractivity contribution is -0.130. The first-order valence-corrected chi connectivity index (χ1v) is 9.22. The van der Waals surface area contributed by atoms with E-state index in [-0.39, 0.29) is 12.0 Å². The van der Waals surface area contributed by atoms with Crippen LogP contribution in [0, 0.1) is 0 Å². The van der Waals surface area contributed by atoms with Crippen LogP contribution in [0.2, 0.25) is 10.0 Å². The summed E-state index contributed by atoms with van der Waals surface area (Å²) in [5.74, 6) is 0.771. The van der Waals surface area contributed by atoms with Crippen molar-refractivity contribution in [3.8, 4) is 11.5 Å². The fourth-order valence-electron chi connectivity index (χ4n) is 2.53. The molecule has 0 saturated heterocycles. The van der Waals surface area contributed by atoms with Gasteiger partial charge in [0.2, 0.25) is 6.10 Å². The third-order valence-corrected chi connectivity index (χ3v) is 4.95. The second-order valence-electron chi connectivity index (χ2n) is 7.21. The summed E-state index contributed by atoms with van der Waals surface area (Å²) >= 11 is 12.0. The first-order chi connectivity index (χ1) is 12.8. The molecular formula is C20H20Cl2N2O3. The van der Waals surface area contributed by atoms with Crippen LogP contribution in [0.15, 0.2) is 41.5 Å². The number of halogens is 2. The minimum atomic E-state index is -0.792. The van der Waals surface area contributed by atoms with Gasteiger partial charge in [-0.05, 0) is 29.2 Å². The van der Waals surface area contributed by atoms with E-state index in [1.54, 1.807) is 18.2 Å². The predicted molar refractivity (Wildman–Crippen MR) is 107 cm³/mol. The number of carbonyl (C=O) groups excluding carboxylic acids is 1. The van der Waals surface area contributed by atoms with Gasteiger partial charge in [0.25, 0.3) is 5.91 Å². The van der Waals surface area contributed by atoms with Crippen LogP contribution in [0.25, 0.3) is 0 Å². The summed E-state index contributed by atoms with van der Waals surface area (Å²) in [6, 6.07) is 10.9. The molecule has 142 valence electrons. The standard InChI is InChI=1S/C20H20Cl2N2O3/c1-20(2,3)13-7-8-15-16(9-13)27-17(11-26-15)19(25)24-23-10-12-5-4-6-14(21)18(12)22/h4-10,17H,11H2,1-3H3,(H,24,25)/b23-10+/t17-/m1/s1. The Morgan fingerprint density at radius 2 is 2.00 bits per heavy atom. The quantitative estimate of drug-likeness (QED) is 0.599. The fraction of sp³-hybridized carbons (Fsp3) is 0.300. The van der Waals surface area contributed by atoms with E-state index in [9.17, 15) is 4.79 Å². The molecule has 0 spiro atoms. The van der Waals surface area contributed by atoms with Crippen molar-refractivity contribution in [2.24, 2.45) is 5.10 Å². The van der Waals surface area contributed by atoms with E-state index in [0.717, 1.165) is 5.56 Å². The van der Waals surface area contributed by atoms with Gasteiger partial charge >= 0.3 is 0 Å². The van der Waals surface area contributed by atoms with E-state index in [1.807, 2.05) is 18.2 Å².